The fraction of sp³-hybridized carbons (Fsp3) is 0.333. The number of fused-ring (bicyclic) bond motifs is 1. The van der Waals surface area contributed by atoms with Crippen molar-refractivity contribution in [3.8, 4) is 0 Å². The molecule has 76 valence electrons. The van der Waals surface area contributed by atoms with Crippen molar-refractivity contribution in [2.24, 2.45) is 10.9 Å². The van der Waals surface area contributed by atoms with Crippen LogP contribution in [-0.2, 0) is 16.4 Å². The highest BCUT2D eigenvalue weighted by molar-refractivity contribution is 7.89. The Balaban J connectivity index is 2.53. The number of nitrogens with two attached hydrogens (primary N) is 2. The van der Waals surface area contributed by atoms with Crippen molar-refractivity contribution in [1.29, 1.82) is 0 Å². The fourth-order valence-corrected chi connectivity index (χ4v) is 2.37. The molecule has 0 spiro atoms. The monoisotopic (exact) mass is 212 g/mol. The lowest BCUT2D eigenvalue weighted by Crippen LogP contribution is -2.12. The molecule has 0 aliphatic heterocycles. The van der Waals surface area contributed by atoms with Crippen LogP contribution in [0.5, 0.6) is 0 Å². The maximum absolute atomic E-state index is 11.1. The third kappa shape index (κ3) is 1.54. The highest BCUT2D eigenvalue weighted by Crippen LogP contribution is 2.30. The average Bonchev–Trinajstić information content (AvgIpc) is 2.46. The van der Waals surface area contributed by atoms with Gasteiger partial charge in [0.2, 0.25) is 10.0 Å². The first-order chi connectivity index (χ1) is 6.48. The van der Waals surface area contributed by atoms with Crippen LogP contribution in [0.15, 0.2) is 23.1 Å². The third-order valence-electron chi connectivity index (χ3n) is 2.57. The number of hydrogen-bond acceptors (Lipinski definition) is 3. The molecule has 0 saturated carbocycles. The van der Waals surface area contributed by atoms with Gasteiger partial charge in [-0.3, -0.25) is 0 Å². The minimum atomic E-state index is -3.58. The maximum atomic E-state index is 11.1. The Morgan fingerprint density at radius 2 is 2.07 bits per heavy atom. The van der Waals surface area contributed by atoms with Crippen LogP contribution in [0.1, 0.15) is 23.6 Å². The first-order valence-corrected chi connectivity index (χ1v) is 5.94. The normalized spacial score (nSPS) is 20.9. The van der Waals surface area contributed by atoms with Crippen molar-refractivity contribution >= 4 is 10.0 Å². The SMILES string of the molecule is N[C@@H]1CCc2cc(S(N)(=O)=O)ccc21. The van der Waals surface area contributed by atoms with E-state index < -0.39 is 10.0 Å². The van der Waals surface area contributed by atoms with Crippen molar-refractivity contribution in [2.45, 2.75) is 23.8 Å². The second-order valence-corrected chi connectivity index (χ2v) is 5.11. The van der Waals surface area contributed by atoms with Gasteiger partial charge >= 0.3 is 0 Å². The summed E-state index contributed by atoms with van der Waals surface area (Å²) in [7, 11) is -3.58. The Bertz CT molecular complexity index is 468. The van der Waals surface area contributed by atoms with E-state index >= 15 is 0 Å². The largest absolute Gasteiger partial charge is 0.324 e. The summed E-state index contributed by atoms with van der Waals surface area (Å²) in [6, 6.07) is 4.93. The van der Waals surface area contributed by atoms with Crippen molar-refractivity contribution < 1.29 is 8.42 Å². The average molecular weight is 212 g/mol. The molecule has 1 aliphatic rings. The van der Waals surface area contributed by atoms with E-state index in [0.29, 0.717) is 0 Å². The number of hydrogen-bond donors (Lipinski definition) is 2. The maximum Gasteiger partial charge on any atom is 0.238 e. The molecular weight excluding hydrogens is 200 g/mol. The fourth-order valence-electron chi connectivity index (χ4n) is 1.80. The van der Waals surface area contributed by atoms with Crippen LogP contribution in [0.2, 0.25) is 0 Å². The lowest BCUT2D eigenvalue weighted by molar-refractivity contribution is 0.597. The first kappa shape index (κ1) is 9.64. The van der Waals surface area contributed by atoms with E-state index in [-0.39, 0.29) is 10.9 Å². The van der Waals surface area contributed by atoms with Crippen LogP contribution < -0.4 is 10.9 Å². The van der Waals surface area contributed by atoms with Crippen LogP contribution in [0.3, 0.4) is 0 Å². The van der Waals surface area contributed by atoms with E-state index in [2.05, 4.69) is 0 Å². The van der Waals surface area contributed by atoms with Crippen molar-refractivity contribution in [2.75, 3.05) is 0 Å². The van der Waals surface area contributed by atoms with E-state index in [1.54, 1.807) is 12.1 Å². The van der Waals surface area contributed by atoms with Gasteiger partial charge in [0.15, 0.2) is 0 Å². The summed E-state index contributed by atoms with van der Waals surface area (Å²) in [4.78, 5) is 0.172. The van der Waals surface area contributed by atoms with Crippen molar-refractivity contribution in [3.63, 3.8) is 0 Å². The van der Waals surface area contributed by atoms with E-state index in [1.807, 2.05) is 0 Å². The molecule has 0 aromatic heterocycles. The van der Waals surface area contributed by atoms with E-state index in [0.717, 1.165) is 24.0 Å². The number of benzene rings is 1. The zero-order chi connectivity index (χ0) is 10.3. The van der Waals surface area contributed by atoms with Gasteiger partial charge in [0.25, 0.3) is 0 Å². The van der Waals surface area contributed by atoms with Gasteiger partial charge in [0.1, 0.15) is 0 Å². The molecule has 0 heterocycles. The predicted octanol–water partition coefficient (Wildman–Crippen LogP) is 0.280. The molecule has 0 fully saturated rings. The molecule has 1 aromatic rings. The number of rotatable bonds is 1. The second-order valence-electron chi connectivity index (χ2n) is 3.55. The zero-order valence-corrected chi connectivity index (χ0v) is 8.42. The number of primary sulfonamides is 1. The zero-order valence-electron chi connectivity index (χ0n) is 7.60. The van der Waals surface area contributed by atoms with Gasteiger partial charge < -0.3 is 5.73 Å². The summed E-state index contributed by atoms with van der Waals surface area (Å²) in [6.07, 6.45) is 1.71. The smallest absolute Gasteiger partial charge is 0.238 e. The van der Waals surface area contributed by atoms with Crippen LogP contribution in [-0.4, -0.2) is 8.42 Å². The Labute approximate surface area is 83.0 Å². The topological polar surface area (TPSA) is 86.2 Å². The van der Waals surface area contributed by atoms with Gasteiger partial charge in [-0.05, 0) is 36.1 Å². The molecule has 1 aromatic carbocycles. The van der Waals surface area contributed by atoms with Crippen molar-refractivity contribution in [1.82, 2.24) is 0 Å². The Kier molecular flexibility index (Phi) is 2.10. The molecule has 0 saturated heterocycles. The summed E-state index contributed by atoms with van der Waals surface area (Å²) >= 11 is 0. The van der Waals surface area contributed by atoms with Gasteiger partial charge in [0, 0.05) is 6.04 Å². The van der Waals surface area contributed by atoms with E-state index in [9.17, 15) is 8.42 Å². The molecule has 0 radical (unpaired) electrons. The van der Waals surface area contributed by atoms with Gasteiger partial charge in [-0.15, -0.1) is 0 Å². The molecule has 4 nitrogen and oxygen atoms in total. The van der Waals surface area contributed by atoms with Gasteiger partial charge in [-0.2, -0.15) is 0 Å². The number of sulfonamides is 1. The molecule has 4 N–H and O–H groups in total. The van der Waals surface area contributed by atoms with Crippen molar-refractivity contribution in [3.05, 3.63) is 29.3 Å². The molecule has 1 atom stereocenters. The van der Waals surface area contributed by atoms with Crippen LogP contribution >= 0.6 is 0 Å². The standard InChI is InChI=1S/C9H12N2O2S/c10-9-4-1-6-5-7(14(11,12)13)2-3-8(6)9/h2-3,5,9H,1,4,10H2,(H2,11,12,13)/t9-/m1/s1. The first-order valence-electron chi connectivity index (χ1n) is 4.40. The Morgan fingerprint density at radius 1 is 1.36 bits per heavy atom. The summed E-state index contributed by atoms with van der Waals surface area (Å²) < 4.78 is 22.1. The third-order valence-corrected chi connectivity index (χ3v) is 3.48. The van der Waals surface area contributed by atoms with Crippen LogP contribution in [0.25, 0.3) is 0 Å². The summed E-state index contributed by atoms with van der Waals surface area (Å²) in [6.45, 7) is 0. The molecule has 1 aliphatic carbocycles. The molecule has 0 bridgehead atoms. The highest BCUT2D eigenvalue weighted by atomic mass is 32.2. The lowest BCUT2D eigenvalue weighted by Gasteiger charge is -2.05. The highest BCUT2D eigenvalue weighted by Gasteiger charge is 2.20. The lowest BCUT2D eigenvalue weighted by atomic mass is 10.1. The Hall–Kier alpha value is -0.910. The van der Waals surface area contributed by atoms with Crippen LogP contribution in [0, 0.1) is 0 Å². The predicted molar refractivity (Wildman–Crippen MR) is 53.1 cm³/mol. The quantitative estimate of drug-likeness (QED) is 0.701. The summed E-state index contributed by atoms with van der Waals surface area (Å²) in [5.74, 6) is 0. The summed E-state index contributed by atoms with van der Waals surface area (Å²) in [5, 5.41) is 5.03. The molecule has 0 unspecified atom stereocenters. The summed E-state index contributed by atoms with van der Waals surface area (Å²) in [5.41, 5.74) is 7.87. The minimum absolute atomic E-state index is 0.0412. The minimum Gasteiger partial charge on any atom is -0.324 e. The second kappa shape index (κ2) is 3.05. The Morgan fingerprint density at radius 3 is 2.71 bits per heavy atom. The molecular formula is C9H12N2O2S. The van der Waals surface area contributed by atoms with E-state index in [4.69, 9.17) is 10.9 Å². The van der Waals surface area contributed by atoms with Gasteiger partial charge in [0.05, 0.1) is 4.90 Å². The molecule has 2 rings (SSSR count). The van der Waals surface area contributed by atoms with Gasteiger partial charge in [-0.1, -0.05) is 6.07 Å². The molecule has 5 heteroatoms. The van der Waals surface area contributed by atoms with E-state index in [1.165, 1.54) is 6.07 Å². The van der Waals surface area contributed by atoms with Crippen LogP contribution in [0.4, 0.5) is 0 Å². The molecule has 14 heavy (non-hydrogen) atoms. The number of aryl methyl sites for hydroxylation is 1. The van der Waals surface area contributed by atoms with Gasteiger partial charge in [-0.25, -0.2) is 13.6 Å². The molecule has 0 amide bonds.